The highest BCUT2D eigenvalue weighted by atomic mass is 35.5. The molecule has 2 aliphatic rings. The molecule has 0 bridgehead atoms. The zero-order chi connectivity index (χ0) is 16.6. The van der Waals surface area contributed by atoms with Gasteiger partial charge in [0.25, 0.3) is 0 Å². The van der Waals surface area contributed by atoms with Crippen LogP contribution in [0, 0.1) is 11.8 Å². The summed E-state index contributed by atoms with van der Waals surface area (Å²) in [6, 6.07) is 4.91. The van der Waals surface area contributed by atoms with Crippen molar-refractivity contribution in [1.82, 2.24) is 4.90 Å². The van der Waals surface area contributed by atoms with Gasteiger partial charge in [-0.05, 0) is 30.9 Å². The van der Waals surface area contributed by atoms with Crippen LogP contribution in [0.4, 0.5) is 4.79 Å². The van der Waals surface area contributed by atoms with E-state index in [9.17, 15) is 4.79 Å². The maximum absolute atomic E-state index is 12.0. The molecule has 1 saturated carbocycles. The van der Waals surface area contributed by atoms with Gasteiger partial charge in [0.05, 0.1) is 11.6 Å². The van der Waals surface area contributed by atoms with E-state index in [2.05, 4.69) is 0 Å². The van der Waals surface area contributed by atoms with Crippen LogP contribution in [-0.4, -0.2) is 35.0 Å². The molecule has 1 amide bonds. The lowest BCUT2D eigenvalue weighted by Gasteiger charge is -2.15. The van der Waals surface area contributed by atoms with Gasteiger partial charge in [0.15, 0.2) is 0 Å². The number of hydrogen-bond donors (Lipinski definition) is 0. The number of ether oxygens (including phenoxy) is 2. The van der Waals surface area contributed by atoms with Crippen molar-refractivity contribution in [3.05, 3.63) is 23.2 Å². The summed E-state index contributed by atoms with van der Waals surface area (Å²) in [6.45, 7) is 3.83. The first-order chi connectivity index (χ1) is 10.9. The van der Waals surface area contributed by atoms with Gasteiger partial charge in [-0.2, -0.15) is 0 Å². The van der Waals surface area contributed by atoms with Gasteiger partial charge in [0.1, 0.15) is 15.8 Å². The summed E-state index contributed by atoms with van der Waals surface area (Å²) in [5.41, 5.74) is 0. The highest BCUT2D eigenvalue weighted by molar-refractivity contribution is 6.51. The lowest BCUT2D eigenvalue weighted by atomic mass is 10.3. The normalized spacial score (nSPS) is 25.3. The predicted octanol–water partition coefficient (Wildman–Crippen LogP) is 4.75. The molecule has 1 aliphatic heterocycles. The molecule has 1 heterocycles. The Kier molecular flexibility index (Phi) is 4.86. The Morgan fingerprint density at radius 2 is 2.00 bits per heavy atom. The Hall–Kier alpha value is -0.840. The van der Waals surface area contributed by atoms with Crippen molar-refractivity contribution < 1.29 is 14.3 Å². The van der Waals surface area contributed by atoms with Crippen LogP contribution in [0.5, 0.6) is 11.5 Å². The summed E-state index contributed by atoms with van der Waals surface area (Å²) >= 11 is 18.4. The fourth-order valence-corrected chi connectivity index (χ4v) is 3.57. The fraction of sp³-hybridized carbons (Fsp3) is 0.562. The molecule has 0 radical (unpaired) electrons. The second-order valence-corrected chi connectivity index (χ2v) is 7.89. The average Bonchev–Trinajstić information content (AvgIpc) is 2.92. The topological polar surface area (TPSA) is 38.8 Å². The van der Waals surface area contributed by atoms with E-state index in [0.717, 1.165) is 25.9 Å². The first kappa shape index (κ1) is 17.0. The number of hydrogen-bond acceptors (Lipinski definition) is 3. The van der Waals surface area contributed by atoms with Crippen LogP contribution >= 0.6 is 34.8 Å². The van der Waals surface area contributed by atoms with Crippen LogP contribution in [-0.2, 0) is 0 Å². The highest BCUT2D eigenvalue weighted by Gasteiger charge is 2.60. The average molecular weight is 379 g/mol. The second kappa shape index (κ2) is 6.58. The number of halogens is 3. The van der Waals surface area contributed by atoms with E-state index in [0.29, 0.717) is 23.1 Å². The van der Waals surface area contributed by atoms with Crippen molar-refractivity contribution in [3.63, 3.8) is 0 Å². The van der Waals surface area contributed by atoms with Gasteiger partial charge in [-0.25, -0.2) is 4.79 Å². The molecule has 7 heteroatoms. The lowest BCUT2D eigenvalue weighted by Crippen LogP contribution is -2.30. The van der Waals surface area contributed by atoms with Gasteiger partial charge in [0, 0.05) is 25.1 Å². The standard InChI is InChI=1S/C16H18Cl3NO3/c1-10-12(16(10,18)19)9-22-14-8-11(4-5-13(14)17)23-15(21)20-6-2-3-7-20/h4-5,8,10,12H,2-3,6-7,9H2,1H3/t10-,12+/m0/s1. The maximum atomic E-state index is 12.0. The SMILES string of the molecule is C[C@H]1[C@@H](COc2cc(OC(=O)N3CCCC3)ccc2Cl)C1(Cl)Cl. The molecule has 2 atom stereocenters. The van der Waals surface area contributed by atoms with Crippen LogP contribution in [0.15, 0.2) is 18.2 Å². The van der Waals surface area contributed by atoms with Crippen LogP contribution in [0.3, 0.4) is 0 Å². The monoisotopic (exact) mass is 377 g/mol. The molecule has 0 N–H and O–H groups in total. The molecule has 1 aliphatic carbocycles. The summed E-state index contributed by atoms with van der Waals surface area (Å²) in [5.74, 6) is 1.12. The Morgan fingerprint density at radius 1 is 1.35 bits per heavy atom. The smallest absolute Gasteiger partial charge is 0.415 e. The number of alkyl halides is 2. The summed E-state index contributed by atoms with van der Waals surface area (Å²) < 4.78 is 10.4. The minimum absolute atomic E-state index is 0.0673. The first-order valence-electron chi connectivity index (χ1n) is 7.66. The van der Waals surface area contributed by atoms with Crippen molar-refractivity contribution in [2.45, 2.75) is 24.1 Å². The Balaban J connectivity index is 1.61. The van der Waals surface area contributed by atoms with Crippen LogP contribution in [0.2, 0.25) is 5.02 Å². The van der Waals surface area contributed by atoms with Crippen molar-refractivity contribution in [2.75, 3.05) is 19.7 Å². The third-order valence-corrected chi connectivity index (χ3v) is 6.05. The molecule has 2 fully saturated rings. The Bertz CT molecular complexity index is 602. The van der Waals surface area contributed by atoms with Crippen molar-refractivity contribution >= 4 is 40.9 Å². The molecule has 0 spiro atoms. The Morgan fingerprint density at radius 3 is 2.61 bits per heavy atom. The van der Waals surface area contributed by atoms with Crippen LogP contribution in [0.25, 0.3) is 0 Å². The fourth-order valence-electron chi connectivity index (χ4n) is 2.72. The minimum atomic E-state index is -0.730. The zero-order valence-electron chi connectivity index (χ0n) is 12.7. The van der Waals surface area contributed by atoms with Crippen molar-refractivity contribution in [1.29, 1.82) is 0 Å². The number of carbonyl (C=O) groups excluding carboxylic acids is 1. The van der Waals surface area contributed by atoms with E-state index in [1.165, 1.54) is 0 Å². The summed E-state index contributed by atoms with van der Waals surface area (Å²) in [6.07, 6.45) is 1.69. The van der Waals surface area contributed by atoms with Gasteiger partial charge in [-0.3, -0.25) is 0 Å². The van der Waals surface area contributed by atoms with Gasteiger partial charge >= 0.3 is 6.09 Å². The molecule has 0 aromatic heterocycles. The summed E-state index contributed by atoms with van der Waals surface area (Å²) in [5, 5.41) is 0.453. The first-order valence-corrected chi connectivity index (χ1v) is 8.80. The molecule has 1 saturated heterocycles. The zero-order valence-corrected chi connectivity index (χ0v) is 15.0. The van der Waals surface area contributed by atoms with E-state index in [4.69, 9.17) is 44.3 Å². The van der Waals surface area contributed by atoms with E-state index in [-0.39, 0.29) is 17.9 Å². The molecule has 1 aromatic carbocycles. The number of benzene rings is 1. The second-order valence-electron chi connectivity index (χ2n) is 6.04. The van der Waals surface area contributed by atoms with Gasteiger partial charge in [0.2, 0.25) is 0 Å². The molecular weight excluding hydrogens is 361 g/mol. The van der Waals surface area contributed by atoms with Gasteiger partial charge < -0.3 is 14.4 Å². The minimum Gasteiger partial charge on any atom is -0.491 e. The van der Waals surface area contributed by atoms with Crippen molar-refractivity contribution in [2.24, 2.45) is 11.8 Å². The molecular formula is C16H18Cl3NO3. The number of rotatable bonds is 4. The maximum Gasteiger partial charge on any atom is 0.415 e. The molecule has 1 aromatic rings. The largest absolute Gasteiger partial charge is 0.491 e. The number of nitrogens with zero attached hydrogens (tertiary/aromatic N) is 1. The number of amides is 1. The van der Waals surface area contributed by atoms with E-state index < -0.39 is 4.33 Å². The molecule has 3 rings (SSSR count). The van der Waals surface area contributed by atoms with Crippen LogP contribution < -0.4 is 9.47 Å². The Labute approximate surface area is 150 Å². The summed E-state index contributed by atoms with van der Waals surface area (Å²) in [7, 11) is 0. The van der Waals surface area contributed by atoms with Gasteiger partial charge in [-0.1, -0.05) is 18.5 Å². The third-order valence-electron chi connectivity index (χ3n) is 4.49. The summed E-state index contributed by atoms with van der Waals surface area (Å²) in [4.78, 5) is 13.7. The van der Waals surface area contributed by atoms with E-state index >= 15 is 0 Å². The van der Waals surface area contributed by atoms with E-state index in [1.54, 1.807) is 23.1 Å². The van der Waals surface area contributed by atoms with Gasteiger partial charge in [-0.15, -0.1) is 23.2 Å². The number of likely N-dealkylation sites (tertiary alicyclic amines) is 1. The molecule has 126 valence electrons. The van der Waals surface area contributed by atoms with Crippen molar-refractivity contribution in [3.8, 4) is 11.5 Å². The highest BCUT2D eigenvalue weighted by Crippen LogP contribution is 2.58. The number of carbonyl (C=O) groups is 1. The molecule has 23 heavy (non-hydrogen) atoms. The molecule has 4 nitrogen and oxygen atoms in total. The predicted molar refractivity (Wildman–Crippen MR) is 90.9 cm³/mol. The van der Waals surface area contributed by atoms with Crippen LogP contribution in [0.1, 0.15) is 19.8 Å². The lowest BCUT2D eigenvalue weighted by molar-refractivity contribution is 0.162. The van der Waals surface area contributed by atoms with E-state index in [1.807, 2.05) is 6.92 Å². The third kappa shape index (κ3) is 3.65. The molecule has 0 unspecified atom stereocenters. The quantitative estimate of drug-likeness (QED) is 0.709.